The van der Waals surface area contributed by atoms with E-state index in [0.29, 0.717) is 5.56 Å². The number of aromatic nitrogens is 2. The van der Waals surface area contributed by atoms with E-state index in [2.05, 4.69) is 10.2 Å². The molecular formula is C13H9ClN4O4S2. The Morgan fingerprint density at radius 3 is 2.83 bits per heavy atom. The monoisotopic (exact) mass is 384 g/mol. The standard InChI is InChI=1S/C13H9ClN4O4S2/c14-9-11(19)17(13(9)23-4-5-24-13)12-16-15-10(22-12)7-2-1-3-8(6-7)18(20)21/h1-3,6,9H,4-5H2. The van der Waals surface area contributed by atoms with Crippen LogP contribution < -0.4 is 4.90 Å². The van der Waals surface area contributed by atoms with Crippen LogP contribution in [0.2, 0.25) is 0 Å². The first-order chi connectivity index (χ1) is 11.5. The summed E-state index contributed by atoms with van der Waals surface area (Å²) >= 11 is 9.34. The fraction of sp³-hybridized carbons (Fsp3) is 0.308. The van der Waals surface area contributed by atoms with Gasteiger partial charge in [0.25, 0.3) is 11.6 Å². The summed E-state index contributed by atoms with van der Waals surface area (Å²) in [6.45, 7) is 0. The van der Waals surface area contributed by atoms with E-state index in [1.54, 1.807) is 29.6 Å². The molecule has 3 heterocycles. The predicted octanol–water partition coefficient (Wildman–Crippen LogP) is 2.73. The van der Waals surface area contributed by atoms with Crippen molar-refractivity contribution in [1.29, 1.82) is 0 Å². The van der Waals surface area contributed by atoms with Crippen LogP contribution in [-0.2, 0) is 4.79 Å². The molecule has 11 heteroatoms. The summed E-state index contributed by atoms with van der Waals surface area (Å²) in [7, 11) is 0. The SMILES string of the molecule is O=C1C(Cl)C2(SCCS2)N1c1nnc(-c2cccc([N+](=O)[O-])c2)o1. The maximum Gasteiger partial charge on any atom is 0.327 e. The molecule has 0 saturated carbocycles. The number of benzene rings is 1. The molecule has 124 valence electrons. The molecule has 1 amide bonds. The quantitative estimate of drug-likeness (QED) is 0.344. The van der Waals surface area contributed by atoms with E-state index in [1.807, 2.05) is 0 Å². The third-order valence-electron chi connectivity index (χ3n) is 3.68. The first-order valence-corrected chi connectivity index (χ1v) is 9.28. The van der Waals surface area contributed by atoms with E-state index in [-0.39, 0.29) is 23.5 Å². The second-order valence-corrected chi connectivity index (χ2v) is 8.39. The van der Waals surface area contributed by atoms with Gasteiger partial charge in [0, 0.05) is 29.2 Å². The van der Waals surface area contributed by atoms with Crippen molar-refractivity contribution in [2.45, 2.75) is 9.58 Å². The van der Waals surface area contributed by atoms with E-state index in [0.717, 1.165) is 11.5 Å². The van der Waals surface area contributed by atoms with Crippen LogP contribution in [0.3, 0.4) is 0 Å². The van der Waals surface area contributed by atoms with Gasteiger partial charge < -0.3 is 4.42 Å². The number of nitro groups is 1. The molecule has 1 atom stereocenters. The number of thioether (sulfide) groups is 2. The maximum absolute atomic E-state index is 12.2. The van der Waals surface area contributed by atoms with Gasteiger partial charge in [0.1, 0.15) is 0 Å². The molecule has 2 saturated heterocycles. The summed E-state index contributed by atoms with van der Waals surface area (Å²) in [6.07, 6.45) is 0. The maximum atomic E-state index is 12.2. The Balaban J connectivity index is 1.67. The van der Waals surface area contributed by atoms with E-state index < -0.39 is 14.5 Å². The smallest absolute Gasteiger partial charge is 0.327 e. The Kier molecular flexibility index (Phi) is 3.70. The van der Waals surface area contributed by atoms with E-state index in [9.17, 15) is 14.9 Å². The first kappa shape index (κ1) is 15.7. The molecule has 0 N–H and O–H groups in total. The third-order valence-corrected chi connectivity index (χ3v) is 7.89. The average molecular weight is 385 g/mol. The lowest BCUT2D eigenvalue weighted by atomic mass is 10.2. The highest BCUT2D eigenvalue weighted by Crippen LogP contribution is 2.58. The van der Waals surface area contributed by atoms with Crippen LogP contribution in [0, 0.1) is 10.1 Å². The van der Waals surface area contributed by atoms with Gasteiger partial charge in [0.15, 0.2) is 9.58 Å². The van der Waals surface area contributed by atoms with Crippen LogP contribution in [0.5, 0.6) is 0 Å². The lowest BCUT2D eigenvalue weighted by molar-refractivity contribution is -0.384. The zero-order chi connectivity index (χ0) is 16.9. The van der Waals surface area contributed by atoms with Gasteiger partial charge in [-0.25, -0.2) is 4.90 Å². The minimum absolute atomic E-state index is 0.0558. The van der Waals surface area contributed by atoms with Gasteiger partial charge in [0.2, 0.25) is 5.89 Å². The number of rotatable bonds is 3. The van der Waals surface area contributed by atoms with Crippen molar-refractivity contribution < 1.29 is 14.1 Å². The summed E-state index contributed by atoms with van der Waals surface area (Å²) in [5, 5.41) is 18.1. The minimum Gasteiger partial charge on any atom is -0.403 e. The van der Waals surface area contributed by atoms with Crippen molar-refractivity contribution in [1.82, 2.24) is 10.2 Å². The Morgan fingerprint density at radius 2 is 2.12 bits per heavy atom. The molecule has 0 aliphatic carbocycles. The molecule has 1 unspecified atom stereocenters. The van der Waals surface area contributed by atoms with Gasteiger partial charge in [0.05, 0.1) is 4.92 Å². The number of carbonyl (C=O) groups is 1. The summed E-state index contributed by atoms with van der Waals surface area (Å²) in [5.74, 6) is 1.59. The van der Waals surface area contributed by atoms with Crippen LogP contribution in [0.4, 0.5) is 11.7 Å². The molecule has 2 aliphatic heterocycles. The topological polar surface area (TPSA) is 102 Å². The van der Waals surface area contributed by atoms with Crippen LogP contribution in [0.1, 0.15) is 0 Å². The van der Waals surface area contributed by atoms with Crippen molar-refractivity contribution in [3.05, 3.63) is 34.4 Å². The molecule has 4 rings (SSSR count). The number of hydrogen-bond acceptors (Lipinski definition) is 8. The molecule has 1 aromatic heterocycles. The van der Waals surface area contributed by atoms with E-state index in [1.165, 1.54) is 23.1 Å². The van der Waals surface area contributed by atoms with Crippen LogP contribution >= 0.6 is 35.1 Å². The van der Waals surface area contributed by atoms with Gasteiger partial charge in [-0.05, 0) is 6.07 Å². The molecule has 1 aromatic carbocycles. The van der Waals surface area contributed by atoms with Gasteiger partial charge >= 0.3 is 6.01 Å². The fourth-order valence-corrected chi connectivity index (χ4v) is 6.31. The zero-order valence-electron chi connectivity index (χ0n) is 11.9. The van der Waals surface area contributed by atoms with Crippen molar-refractivity contribution in [3.63, 3.8) is 0 Å². The number of anilines is 1. The molecule has 8 nitrogen and oxygen atoms in total. The predicted molar refractivity (Wildman–Crippen MR) is 91.2 cm³/mol. The van der Waals surface area contributed by atoms with Crippen LogP contribution in [0.15, 0.2) is 28.7 Å². The van der Waals surface area contributed by atoms with Gasteiger partial charge in [-0.15, -0.1) is 40.2 Å². The number of non-ortho nitro benzene ring substituents is 1. The molecule has 1 spiro atoms. The number of amides is 1. The Bertz CT molecular complexity index is 839. The minimum atomic E-state index is -0.636. The molecule has 0 bridgehead atoms. The van der Waals surface area contributed by atoms with Crippen molar-refractivity contribution in [2.24, 2.45) is 0 Å². The van der Waals surface area contributed by atoms with Crippen LogP contribution in [0.25, 0.3) is 11.5 Å². The summed E-state index contributed by atoms with van der Waals surface area (Å²) < 4.78 is 4.98. The second kappa shape index (κ2) is 5.64. The number of β-lactam (4-membered cyclic amide) rings is 1. The molecule has 2 fully saturated rings. The van der Waals surface area contributed by atoms with Gasteiger partial charge in [-0.2, -0.15) is 0 Å². The molecule has 2 aromatic rings. The lowest BCUT2D eigenvalue weighted by Crippen LogP contribution is -2.68. The Morgan fingerprint density at radius 1 is 1.38 bits per heavy atom. The zero-order valence-corrected chi connectivity index (χ0v) is 14.3. The van der Waals surface area contributed by atoms with E-state index in [4.69, 9.17) is 16.0 Å². The number of carbonyl (C=O) groups excluding carboxylic acids is 1. The molecular weight excluding hydrogens is 376 g/mol. The van der Waals surface area contributed by atoms with Gasteiger partial charge in [-0.3, -0.25) is 14.9 Å². The first-order valence-electron chi connectivity index (χ1n) is 6.87. The highest BCUT2D eigenvalue weighted by Gasteiger charge is 2.64. The number of halogens is 1. The highest BCUT2D eigenvalue weighted by atomic mass is 35.5. The normalized spacial score (nSPS) is 22.0. The largest absolute Gasteiger partial charge is 0.403 e. The molecule has 2 aliphatic rings. The fourth-order valence-electron chi connectivity index (χ4n) is 2.57. The van der Waals surface area contributed by atoms with Crippen LogP contribution in [-0.4, -0.2) is 42.1 Å². The average Bonchev–Trinajstić information content (AvgIpc) is 3.26. The molecule has 0 radical (unpaired) electrons. The number of nitrogens with zero attached hydrogens (tertiary/aromatic N) is 4. The lowest BCUT2D eigenvalue weighted by Gasteiger charge is -2.48. The number of alkyl halides is 1. The van der Waals surface area contributed by atoms with E-state index >= 15 is 0 Å². The molecule has 24 heavy (non-hydrogen) atoms. The second-order valence-electron chi connectivity index (χ2n) is 5.06. The summed E-state index contributed by atoms with van der Waals surface area (Å²) in [6, 6.07) is 5.93. The van der Waals surface area contributed by atoms with Crippen molar-refractivity contribution >= 4 is 52.7 Å². The third kappa shape index (κ3) is 2.20. The summed E-state index contributed by atoms with van der Waals surface area (Å²) in [5.41, 5.74) is 0.339. The Hall–Kier alpha value is -1.78. The Labute approximate surface area is 149 Å². The van der Waals surface area contributed by atoms with Crippen molar-refractivity contribution in [3.8, 4) is 11.5 Å². The van der Waals surface area contributed by atoms with Gasteiger partial charge in [-0.1, -0.05) is 11.2 Å². The number of nitro benzene ring substituents is 1. The summed E-state index contributed by atoms with van der Waals surface area (Å²) in [4.78, 5) is 23.9. The number of hydrogen-bond donors (Lipinski definition) is 0. The highest BCUT2D eigenvalue weighted by molar-refractivity contribution is 8.21. The van der Waals surface area contributed by atoms with Crippen molar-refractivity contribution in [2.75, 3.05) is 16.4 Å².